The highest BCUT2D eigenvalue weighted by Crippen LogP contribution is 2.11. The van der Waals surface area contributed by atoms with Crippen LogP contribution in [0.2, 0.25) is 0 Å². The standard InChI is InChI=1S/C16H31N3O5/c1-15(2,3)23-13(21)18-9-7-10-19(11-8-12(17)20)14(22)24-16(4,5)6/h7-11H2,1-6H3,(H2,17,20)(H,18,21). The first-order valence-corrected chi connectivity index (χ1v) is 8.03. The third-order valence-electron chi connectivity index (χ3n) is 2.55. The third kappa shape index (κ3) is 12.5. The molecule has 0 saturated carbocycles. The summed E-state index contributed by atoms with van der Waals surface area (Å²) in [5.41, 5.74) is 3.94. The van der Waals surface area contributed by atoms with E-state index in [1.807, 2.05) is 0 Å². The van der Waals surface area contributed by atoms with E-state index in [9.17, 15) is 14.4 Å². The second-order valence-electron chi connectivity index (χ2n) is 7.47. The second kappa shape index (κ2) is 9.34. The summed E-state index contributed by atoms with van der Waals surface area (Å²) in [6.45, 7) is 11.5. The molecule has 0 atom stereocenters. The lowest BCUT2D eigenvalue weighted by atomic mass is 10.2. The van der Waals surface area contributed by atoms with Crippen molar-refractivity contribution < 1.29 is 23.9 Å². The van der Waals surface area contributed by atoms with Gasteiger partial charge in [-0.25, -0.2) is 9.59 Å². The van der Waals surface area contributed by atoms with Gasteiger partial charge in [-0.15, -0.1) is 0 Å². The molecule has 0 fully saturated rings. The van der Waals surface area contributed by atoms with Crippen LogP contribution in [0.15, 0.2) is 0 Å². The van der Waals surface area contributed by atoms with Gasteiger partial charge in [0.25, 0.3) is 0 Å². The Morgan fingerprint density at radius 2 is 1.50 bits per heavy atom. The zero-order valence-electron chi connectivity index (χ0n) is 15.6. The van der Waals surface area contributed by atoms with Crippen molar-refractivity contribution in [2.24, 2.45) is 5.73 Å². The summed E-state index contributed by atoms with van der Waals surface area (Å²) in [4.78, 5) is 36.0. The number of hydrogen-bond donors (Lipinski definition) is 2. The van der Waals surface area contributed by atoms with Crippen LogP contribution in [-0.2, 0) is 14.3 Å². The monoisotopic (exact) mass is 345 g/mol. The Balaban J connectivity index is 4.38. The molecule has 0 aromatic rings. The minimum atomic E-state index is -0.628. The van der Waals surface area contributed by atoms with Gasteiger partial charge in [0.05, 0.1) is 0 Å². The van der Waals surface area contributed by atoms with Crippen LogP contribution in [0.4, 0.5) is 9.59 Å². The molecule has 0 aliphatic rings. The number of rotatable bonds is 7. The number of amides is 3. The van der Waals surface area contributed by atoms with Crippen LogP contribution in [0.3, 0.4) is 0 Å². The van der Waals surface area contributed by atoms with Gasteiger partial charge in [-0.1, -0.05) is 0 Å². The van der Waals surface area contributed by atoms with Gasteiger partial charge < -0.3 is 25.4 Å². The molecule has 0 saturated heterocycles. The number of alkyl carbamates (subject to hydrolysis) is 1. The van der Waals surface area contributed by atoms with E-state index >= 15 is 0 Å². The molecule has 0 bridgehead atoms. The zero-order chi connectivity index (χ0) is 19.0. The number of hydrogen-bond acceptors (Lipinski definition) is 5. The topological polar surface area (TPSA) is 111 Å². The quantitative estimate of drug-likeness (QED) is 0.686. The summed E-state index contributed by atoms with van der Waals surface area (Å²) in [7, 11) is 0. The first-order valence-electron chi connectivity index (χ1n) is 8.03. The van der Waals surface area contributed by atoms with E-state index in [0.29, 0.717) is 19.5 Å². The van der Waals surface area contributed by atoms with Gasteiger partial charge in [-0.3, -0.25) is 4.79 Å². The molecule has 24 heavy (non-hydrogen) atoms. The first kappa shape index (κ1) is 22.0. The van der Waals surface area contributed by atoms with Crippen LogP contribution in [0.5, 0.6) is 0 Å². The Morgan fingerprint density at radius 1 is 0.958 bits per heavy atom. The van der Waals surface area contributed by atoms with E-state index < -0.39 is 29.3 Å². The maximum absolute atomic E-state index is 12.1. The fourth-order valence-electron chi connectivity index (χ4n) is 1.64. The van der Waals surface area contributed by atoms with Crippen LogP contribution in [0, 0.1) is 0 Å². The van der Waals surface area contributed by atoms with Gasteiger partial charge in [0, 0.05) is 26.1 Å². The van der Waals surface area contributed by atoms with Crippen molar-refractivity contribution in [2.75, 3.05) is 19.6 Å². The summed E-state index contributed by atoms with van der Waals surface area (Å²) in [6, 6.07) is 0. The highest BCUT2D eigenvalue weighted by Gasteiger charge is 2.22. The Labute approximate surface area is 144 Å². The number of primary amides is 1. The predicted octanol–water partition coefficient (Wildman–Crippen LogP) is 2.01. The number of carbonyl (C=O) groups is 3. The molecule has 0 spiro atoms. The van der Waals surface area contributed by atoms with E-state index in [2.05, 4.69) is 5.32 Å². The molecule has 0 aromatic carbocycles. The highest BCUT2D eigenvalue weighted by molar-refractivity contribution is 5.75. The maximum atomic E-state index is 12.1. The highest BCUT2D eigenvalue weighted by atomic mass is 16.6. The first-order chi connectivity index (χ1) is 10.8. The van der Waals surface area contributed by atoms with Crippen LogP contribution in [0.1, 0.15) is 54.4 Å². The van der Waals surface area contributed by atoms with Crippen LogP contribution in [-0.4, -0.2) is 53.8 Å². The molecule has 0 rings (SSSR count). The summed E-state index contributed by atoms with van der Waals surface area (Å²) in [6.07, 6.45) is -0.472. The van der Waals surface area contributed by atoms with Crippen molar-refractivity contribution in [3.05, 3.63) is 0 Å². The molecular formula is C16H31N3O5. The minimum absolute atomic E-state index is 0.0543. The number of ether oxygens (including phenoxy) is 2. The molecule has 8 heteroatoms. The number of carbonyl (C=O) groups excluding carboxylic acids is 3. The average Bonchev–Trinajstić information content (AvgIpc) is 2.32. The lowest BCUT2D eigenvalue weighted by Crippen LogP contribution is -2.40. The molecule has 8 nitrogen and oxygen atoms in total. The van der Waals surface area contributed by atoms with Crippen LogP contribution in [0.25, 0.3) is 0 Å². The maximum Gasteiger partial charge on any atom is 0.410 e. The van der Waals surface area contributed by atoms with Gasteiger partial charge in [-0.2, -0.15) is 0 Å². The third-order valence-corrected chi connectivity index (χ3v) is 2.55. The van der Waals surface area contributed by atoms with Gasteiger partial charge in [0.2, 0.25) is 5.91 Å². The normalized spacial score (nSPS) is 11.6. The molecular weight excluding hydrogens is 314 g/mol. The minimum Gasteiger partial charge on any atom is -0.444 e. The van der Waals surface area contributed by atoms with E-state index in [0.717, 1.165) is 0 Å². The Hall–Kier alpha value is -1.99. The van der Waals surface area contributed by atoms with Gasteiger partial charge in [0.15, 0.2) is 0 Å². The average molecular weight is 345 g/mol. The van der Waals surface area contributed by atoms with Gasteiger partial charge >= 0.3 is 12.2 Å². The van der Waals surface area contributed by atoms with Crippen molar-refractivity contribution in [2.45, 2.75) is 65.6 Å². The SMILES string of the molecule is CC(C)(C)OC(=O)NCCCN(CCC(N)=O)C(=O)OC(C)(C)C. The summed E-state index contributed by atoms with van der Waals surface area (Å²) < 4.78 is 10.4. The Bertz CT molecular complexity index is 438. The molecule has 0 aliphatic heterocycles. The number of nitrogens with zero attached hydrogens (tertiary/aromatic N) is 1. The Kier molecular flexibility index (Phi) is 8.57. The van der Waals surface area contributed by atoms with E-state index in [-0.39, 0.29) is 13.0 Å². The van der Waals surface area contributed by atoms with Gasteiger partial charge in [-0.05, 0) is 48.0 Å². The van der Waals surface area contributed by atoms with Gasteiger partial charge in [0.1, 0.15) is 11.2 Å². The number of nitrogens with one attached hydrogen (secondary N) is 1. The summed E-state index contributed by atoms with van der Waals surface area (Å²) >= 11 is 0. The van der Waals surface area contributed by atoms with Crippen LogP contribution < -0.4 is 11.1 Å². The molecule has 0 unspecified atom stereocenters. The molecule has 0 heterocycles. The summed E-state index contributed by atoms with van der Waals surface area (Å²) in [5, 5.41) is 2.62. The van der Waals surface area contributed by atoms with E-state index in [4.69, 9.17) is 15.2 Å². The van der Waals surface area contributed by atoms with Crippen molar-refractivity contribution in [3.63, 3.8) is 0 Å². The molecule has 0 aromatic heterocycles. The van der Waals surface area contributed by atoms with E-state index in [1.54, 1.807) is 41.5 Å². The lowest BCUT2D eigenvalue weighted by Gasteiger charge is -2.27. The molecule has 0 radical (unpaired) electrons. The van der Waals surface area contributed by atoms with Crippen molar-refractivity contribution in [1.29, 1.82) is 0 Å². The van der Waals surface area contributed by atoms with E-state index in [1.165, 1.54) is 4.90 Å². The molecule has 0 aliphatic carbocycles. The molecule has 3 amide bonds. The molecule has 140 valence electrons. The van der Waals surface area contributed by atoms with Crippen molar-refractivity contribution >= 4 is 18.1 Å². The van der Waals surface area contributed by atoms with Crippen molar-refractivity contribution in [3.8, 4) is 0 Å². The smallest absolute Gasteiger partial charge is 0.410 e. The van der Waals surface area contributed by atoms with Crippen LogP contribution >= 0.6 is 0 Å². The second-order valence-corrected chi connectivity index (χ2v) is 7.47. The number of nitrogens with two attached hydrogens (primary N) is 1. The lowest BCUT2D eigenvalue weighted by molar-refractivity contribution is -0.118. The largest absolute Gasteiger partial charge is 0.444 e. The summed E-state index contributed by atoms with van der Waals surface area (Å²) in [5.74, 6) is -0.490. The Morgan fingerprint density at radius 3 is 1.96 bits per heavy atom. The predicted molar refractivity (Wildman–Crippen MR) is 90.5 cm³/mol. The zero-order valence-corrected chi connectivity index (χ0v) is 15.6. The fourth-order valence-corrected chi connectivity index (χ4v) is 1.64. The molecule has 3 N–H and O–H groups in total. The fraction of sp³-hybridized carbons (Fsp3) is 0.812. The van der Waals surface area contributed by atoms with Crippen molar-refractivity contribution in [1.82, 2.24) is 10.2 Å².